The van der Waals surface area contributed by atoms with Crippen molar-refractivity contribution in [2.24, 2.45) is 0 Å². The Morgan fingerprint density at radius 2 is 1.40 bits per heavy atom. The zero-order valence-electron chi connectivity index (χ0n) is 18.5. The molecule has 0 radical (unpaired) electrons. The van der Waals surface area contributed by atoms with Crippen LogP contribution in [0.1, 0.15) is 22.3 Å². The summed E-state index contributed by atoms with van der Waals surface area (Å²) in [6.45, 7) is 3.79. The lowest BCUT2D eigenvalue weighted by molar-refractivity contribution is 0.360. The van der Waals surface area contributed by atoms with Crippen molar-refractivity contribution in [3.8, 4) is 17.6 Å². The highest BCUT2D eigenvalue weighted by atomic mass is 19.2. The first-order chi connectivity index (χ1) is 16.8. The molecule has 35 heavy (non-hydrogen) atoms. The third-order valence-electron chi connectivity index (χ3n) is 5.39. The van der Waals surface area contributed by atoms with Gasteiger partial charge in [0.05, 0.1) is 5.56 Å². The molecule has 0 bridgehead atoms. The molecule has 6 heteroatoms. The first-order valence-electron chi connectivity index (χ1n) is 10.7. The summed E-state index contributed by atoms with van der Waals surface area (Å²) in [7, 11) is 0. The predicted octanol–water partition coefficient (Wildman–Crippen LogP) is 7.29. The summed E-state index contributed by atoms with van der Waals surface area (Å²) in [5, 5.41) is 0.894. The highest BCUT2D eigenvalue weighted by molar-refractivity contribution is 5.84. The standard InChI is InChI=1S/C29H19F5O/c1-2-11-35-23-9-8-20(25(30)17-23)6-4-19-13-26(31)24(27(32)14-19)10-5-18-3-7-21-15-28(33)29(34)16-22(21)12-18/h2-3,7-9,12-17H,1,4,6,11H2. The van der Waals surface area contributed by atoms with Crippen molar-refractivity contribution in [3.05, 3.63) is 125 Å². The van der Waals surface area contributed by atoms with E-state index in [2.05, 4.69) is 18.4 Å². The average molecular weight is 478 g/mol. The number of aryl methyl sites for hydroxylation is 2. The van der Waals surface area contributed by atoms with Gasteiger partial charge in [0.2, 0.25) is 0 Å². The van der Waals surface area contributed by atoms with Gasteiger partial charge in [-0.05, 0) is 77.2 Å². The Kier molecular flexibility index (Phi) is 7.17. The average Bonchev–Trinajstić information content (AvgIpc) is 2.82. The van der Waals surface area contributed by atoms with Gasteiger partial charge in [0.1, 0.15) is 29.8 Å². The number of hydrogen-bond acceptors (Lipinski definition) is 1. The smallest absolute Gasteiger partial charge is 0.159 e. The number of halogens is 5. The second-order valence-electron chi connectivity index (χ2n) is 7.87. The highest BCUT2D eigenvalue weighted by Gasteiger charge is 2.11. The van der Waals surface area contributed by atoms with Gasteiger partial charge in [-0.25, -0.2) is 22.0 Å². The minimum atomic E-state index is -0.993. The Hall–Kier alpha value is -4.11. The molecule has 0 aliphatic rings. The Morgan fingerprint density at radius 1 is 0.686 bits per heavy atom. The van der Waals surface area contributed by atoms with Crippen LogP contribution in [-0.2, 0) is 12.8 Å². The van der Waals surface area contributed by atoms with Crippen molar-refractivity contribution in [1.82, 2.24) is 0 Å². The van der Waals surface area contributed by atoms with E-state index in [-0.39, 0.29) is 19.4 Å². The van der Waals surface area contributed by atoms with Crippen LogP contribution >= 0.6 is 0 Å². The van der Waals surface area contributed by atoms with Crippen molar-refractivity contribution in [2.45, 2.75) is 12.8 Å². The highest BCUT2D eigenvalue weighted by Crippen LogP contribution is 2.22. The molecule has 0 amide bonds. The van der Waals surface area contributed by atoms with Gasteiger partial charge in [-0.2, -0.15) is 0 Å². The van der Waals surface area contributed by atoms with Gasteiger partial charge in [-0.15, -0.1) is 0 Å². The van der Waals surface area contributed by atoms with Crippen LogP contribution in [0, 0.1) is 40.9 Å². The van der Waals surface area contributed by atoms with E-state index in [0.29, 0.717) is 33.2 Å². The van der Waals surface area contributed by atoms with E-state index >= 15 is 0 Å². The normalized spacial score (nSPS) is 10.7. The number of ether oxygens (including phenoxy) is 1. The molecule has 0 spiro atoms. The lowest BCUT2D eigenvalue weighted by atomic mass is 10.0. The zero-order chi connectivity index (χ0) is 24.9. The van der Waals surface area contributed by atoms with Crippen LogP contribution in [0.2, 0.25) is 0 Å². The Balaban J connectivity index is 1.50. The number of benzene rings is 4. The Morgan fingerprint density at radius 3 is 2.09 bits per heavy atom. The van der Waals surface area contributed by atoms with Crippen LogP contribution in [0.5, 0.6) is 5.75 Å². The van der Waals surface area contributed by atoms with E-state index in [1.165, 1.54) is 24.3 Å². The van der Waals surface area contributed by atoms with Crippen LogP contribution in [0.15, 0.2) is 73.3 Å². The lowest BCUT2D eigenvalue weighted by Crippen LogP contribution is -2.00. The largest absolute Gasteiger partial charge is 0.489 e. The monoisotopic (exact) mass is 478 g/mol. The van der Waals surface area contributed by atoms with Crippen LogP contribution in [0.4, 0.5) is 22.0 Å². The fourth-order valence-corrected chi connectivity index (χ4v) is 3.60. The van der Waals surface area contributed by atoms with Crippen LogP contribution in [0.25, 0.3) is 10.8 Å². The van der Waals surface area contributed by atoms with Crippen molar-refractivity contribution < 1.29 is 26.7 Å². The maximum absolute atomic E-state index is 14.6. The van der Waals surface area contributed by atoms with Crippen LogP contribution in [-0.4, -0.2) is 6.61 Å². The molecule has 4 rings (SSSR count). The molecule has 0 unspecified atom stereocenters. The van der Waals surface area contributed by atoms with Crippen molar-refractivity contribution in [1.29, 1.82) is 0 Å². The van der Waals surface area contributed by atoms with Crippen molar-refractivity contribution in [3.63, 3.8) is 0 Å². The molecule has 0 aliphatic heterocycles. The zero-order valence-corrected chi connectivity index (χ0v) is 18.5. The third kappa shape index (κ3) is 5.70. The quantitative estimate of drug-likeness (QED) is 0.161. The molecule has 0 fully saturated rings. The number of fused-ring (bicyclic) bond motifs is 1. The third-order valence-corrected chi connectivity index (χ3v) is 5.39. The fraction of sp³-hybridized carbons (Fsp3) is 0.103. The lowest BCUT2D eigenvalue weighted by Gasteiger charge is -2.08. The topological polar surface area (TPSA) is 9.23 Å². The number of hydrogen-bond donors (Lipinski definition) is 0. The number of rotatable bonds is 6. The minimum Gasteiger partial charge on any atom is -0.489 e. The SMILES string of the molecule is C=CCOc1ccc(CCc2cc(F)c(C#Cc3ccc4cc(F)c(F)cc4c3)c(F)c2)c(F)c1. The molecule has 0 saturated carbocycles. The first kappa shape index (κ1) is 24.0. The second kappa shape index (κ2) is 10.4. The van der Waals surface area contributed by atoms with Gasteiger partial charge in [-0.1, -0.05) is 36.6 Å². The molecule has 0 saturated heterocycles. The van der Waals surface area contributed by atoms with Gasteiger partial charge in [0.25, 0.3) is 0 Å². The molecule has 4 aromatic carbocycles. The minimum absolute atomic E-state index is 0.220. The van der Waals surface area contributed by atoms with Gasteiger partial charge >= 0.3 is 0 Å². The summed E-state index contributed by atoms with van der Waals surface area (Å²) in [6, 6.07) is 13.5. The van der Waals surface area contributed by atoms with Gasteiger partial charge in [-0.3, -0.25) is 0 Å². The summed E-state index contributed by atoms with van der Waals surface area (Å²) in [5.74, 6) is 1.41. The van der Waals surface area contributed by atoms with E-state index in [0.717, 1.165) is 12.1 Å². The summed E-state index contributed by atoms with van der Waals surface area (Å²) in [4.78, 5) is 0. The van der Waals surface area contributed by atoms with E-state index in [1.807, 2.05) is 0 Å². The molecule has 0 aliphatic carbocycles. The summed E-state index contributed by atoms with van der Waals surface area (Å²) >= 11 is 0. The molecule has 0 heterocycles. The summed E-state index contributed by atoms with van der Waals surface area (Å²) in [5.41, 5.74) is 0.741. The molecule has 0 aromatic heterocycles. The molecule has 1 nitrogen and oxygen atoms in total. The van der Waals surface area contributed by atoms with Crippen molar-refractivity contribution in [2.75, 3.05) is 6.61 Å². The predicted molar refractivity (Wildman–Crippen MR) is 126 cm³/mol. The van der Waals surface area contributed by atoms with Gasteiger partial charge in [0.15, 0.2) is 11.6 Å². The molecule has 0 N–H and O–H groups in total. The molecular weight excluding hydrogens is 459 g/mol. The van der Waals surface area contributed by atoms with Crippen LogP contribution in [0.3, 0.4) is 0 Å². The summed E-state index contributed by atoms with van der Waals surface area (Å²) < 4.78 is 75.6. The molecular formula is C29H19F5O. The summed E-state index contributed by atoms with van der Waals surface area (Å²) in [6.07, 6.45) is 2.01. The molecule has 176 valence electrons. The Bertz CT molecular complexity index is 1460. The molecule has 0 atom stereocenters. The second-order valence-corrected chi connectivity index (χ2v) is 7.87. The molecule has 4 aromatic rings. The maximum atomic E-state index is 14.6. The van der Waals surface area contributed by atoms with E-state index < -0.39 is 34.6 Å². The van der Waals surface area contributed by atoms with E-state index in [4.69, 9.17) is 4.74 Å². The van der Waals surface area contributed by atoms with E-state index in [1.54, 1.807) is 30.3 Å². The van der Waals surface area contributed by atoms with Gasteiger partial charge in [0, 0.05) is 11.6 Å². The Labute approximate surface area is 199 Å². The van der Waals surface area contributed by atoms with Gasteiger partial charge < -0.3 is 4.74 Å². The van der Waals surface area contributed by atoms with E-state index in [9.17, 15) is 22.0 Å². The van der Waals surface area contributed by atoms with Crippen molar-refractivity contribution >= 4 is 10.8 Å². The maximum Gasteiger partial charge on any atom is 0.159 e. The van der Waals surface area contributed by atoms with Crippen LogP contribution < -0.4 is 4.74 Å². The first-order valence-corrected chi connectivity index (χ1v) is 10.7. The fourth-order valence-electron chi connectivity index (χ4n) is 3.60.